The van der Waals surface area contributed by atoms with E-state index >= 15 is 0 Å². The van der Waals surface area contributed by atoms with Crippen molar-refractivity contribution in [1.29, 1.82) is 0 Å². The first-order chi connectivity index (χ1) is 9.76. The molecule has 0 saturated heterocycles. The van der Waals surface area contributed by atoms with Crippen LogP contribution in [0.5, 0.6) is 11.5 Å². The zero-order valence-corrected chi connectivity index (χ0v) is 11.8. The van der Waals surface area contributed by atoms with Crippen LogP contribution in [-0.4, -0.2) is 4.98 Å². The van der Waals surface area contributed by atoms with Crippen LogP contribution in [-0.2, 0) is 6.54 Å². The van der Waals surface area contributed by atoms with E-state index in [0.717, 1.165) is 15.0 Å². The molecule has 0 aliphatic carbocycles. The van der Waals surface area contributed by atoms with Crippen molar-refractivity contribution in [3.05, 3.63) is 57.5 Å². The minimum absolute atomic E-state index is 0.166. The molecular weight excluding hydrogens is 296 g/mol. The fraction of sp³-hybridized carbons (Fsp3) is 0.0714. The van der Waals surface area contributed by atoms with Crippen molar-refractivity contribution in [2.75, 3.05) is 0 Å². The van der Waals surface area contributed by atoms with Crippen LogP contribution in [0, 0.1) is 4.91 Å². The second-order valence-electron chi connectivity index (χ2n) is 4.11. The molecule has 3 aromatic rings. The normalized spacial score (nSPS) is 10.7. The Morgan fingerprint density at radius 2 is 2.05 bits per heavy atom. The number of pyridine rings is 1. The highest BCUT2D eigenvalue weighted by molar-refractivity contribution is 7.19. The van der Waals surface area contributed by atoms with E-state index in [0.29, 0.717) is 16.5 Å². The van der Waals surface area contributed by atoms with Crippen molar-refractivity contribution in [2.24, 2.45) is 5.18 Å². The molecule has 0 aliphatic heterocycles. The SMILES string of the molecule is O=NCc1cc2c(Oc3ccc(Cl)cc3)cncc2s1. The highest BCUT2D eigenvalue weighted by atomic mass is 35.5. The summed E-state index contributed by atoms with van der Waals surface area (Å²) in [6.45, 7) is 0.166. The van der Waals surface area contributed by atoms with Gasteiger partial charge in [-0.2, -0.15) is 4.91 Å². The zero-order valence-electron chi connectivity index (χ0n) is 10.2. The molecule has 0 fully saturated rings. The fourth-order valence-electron chi connectivity index (χ4n) is 1.84. The Balaban J connectivity index is 1.98. The van der Waals surface area contributed by atoms with Gasteiger partial charge in [0.1, 0.15) is 12.3 Å². The molecule has 0 atom stereocenters. The number of nitrogens with zero attached hydrogens (tertiary/aromatic N) is 2. The predicted octanol–water partition coefficient (Wildman–Crippen LogP) is 5.01. The lowest BCUT2D eigenvalue weighted by Crippen LogP contribution is -1.85. The molecule has 3 rings (SSSR count). The lowest BCUT2D eigenvalue weighted by atomic mass is 10.3. The van der Waals surface area contributed by atoms with Gasteiger partial charge in [-0.3, -0.25) is 4.98 Å². The van der Waals surface area contributed by atoms with Crippen LogP contribution in [0.3, 0.4) is 0 Å². The Bertz CT molecular complexity index is 755. The monoisotopic (exact) mass is 304 g/mol. The van der Waals surface area contributed by atoms with Crippen LogP contribution in [0.4, 0.5) is 0 Å². The topological polar surface area (TPSA) is 51.5 Å². The molecule has 0 spiro atoms. The molecule has 0 radical (unpaired) electrons. The summed E-state index contributed by atoms with van der Waals surface area (Å²) in [5.74, 6) is 1.34. The third-order valence-electron chi connectivity index (χ3n) is 2.72. The van der Waals surface area contributed by atoms with Crippen molar-refractivity contribution in [3.8, 4) is 11.5 Å². The van der Waals surface area contributed by atoms with Gasteiger partial charge in [0, 0.05) is 21.5 Å². The minimum Gasteiger partial charge on any atom is -0.455 e. The van der Waals surface area contributed by atoms with Crippen LogP contribution in [0.2, 0.25) is 5.02 Å². The van der Waals surface area contributed by atoms with Crippen molar-refractivity contribution in [3.63, 3.8) is 0 Å². The van der Waals surface area contributed by atoms with E-state index in [-0.39, 0.29) is 6.54 Å². The van der Waals surface area contributed by atoms with E-state index in [4.69, 9.17) is 16.3 Å². The van der Waals surface area contributed by atoms with Crippen molar-refractivity contribution in [2.45, 2.75) is 6.54 Å². The number of ether oxygens (including phenoxy) is 1. The summed E-state index contributed by atoms with van der Waals surface area (Å²) in [7, 11) is 0. The van der Waals surface area contributed by atoms with Gasteiger partial charge in [0.05, 0.1) is 10.9 Å². The maximum absolute atomic E-state index is 10.4. The van der Waals surface area contributed by atoms with Crippen LogP contribution in [0.15, 0.2) is 47.9 Å². The average Bonchev–Trinajstić information content (AvgIpc) is 2.85. The summed E-state index contributed by atoms with van der Waals surface area (Å²) in [5, 5.41) is 4.49. The molecule has 4 nitrogen and oxygen atoms in total. The van der Waals surface area contributed by atoms with E-state index in [1.165, 1.54) is 11.3 Å². The van der Waals surface area contributed by atoms with Crippen molar-refractivity contribution >= 4 is 33.0 Å². The zero-order chi connectivity index (χ0) is 13.9. The first kappa shape index (κ1) is 13.0. The maximum Gasteiger partial charge on any atom is 0.154 e. The van der Waals surface area contributed by atoms with Gasteiger partial charge in [0.15, 0.2) is 5.75 Å². The lowest BCUT2D eigenvalue weighted by molar-refractivity contribution is 0.486. The molecule has 1 aromatic carbocycles. The number of hydrogen-bond donors (Lipinski definition) is 0. The predicted molar refractivity (Wildman–Crippen MR) is 80.6 cm³/mol. The van der Waals surface area contributed by atoms with E-state index in [1.807, 2.05) is 6.07 Å². The van der Waals surface area contributed by atoms with E-state index in [2.05, 4.69) is 10.2 Å². The molecule has 0 N–H and O–H groups in total. The third kappa shape index (κ3) is 2.64. The number of benzene rings is 1. The number of nitroso groups, excluding NO2 is 1. The smallest absolute Gasteiger partial charge is 0.154 e. The number of thiophene rings is 1. The van der Waals surface area contributed by atoms with Gasteiger partial charge in [0.25, 0.3) is 0 Å². The quantitative estimate of drug-likeness (QED) is 0.637. The van der Waals surface area contributed by atoms with Crippen LogP contribution < -0.4 is 4.74 Å². The Morgan fingerprint density at radius 3 is 2.80 bits per heavy atom. The molecule has 0 amide bonds. The van der Waals surface area contributed by atoms with E-state index in [9.17, 15) is 4.91 Å². The summed E-state index contributed by atoms with van der Waals surface area (Å²) >= 11 is 7.33. The summed E-state index contributed by atoms with van der Waals surface area (Å²) in [4.78, 5) is 15.4. The highest BCUT2D eigenvalue weighted by Gasteiger charge is 2.09. The summed E-state index contributed by atoms with van der Waals surface area (Å²) in [6, 6.07) is 9.02. The second kappa shape index (κ2) is 5.56. The van der Waals surface area contributed by atoms with Crippen LogP contribution >= 0.6 is 22.9 Å². The molecule has 2 aromatic heterocycles. The van der Waals surface area contributed by atoms with Gasteiger partial charge >= 0.3 is 0 Å². The van der Waals surface area contributed by atoms with Crippen molar-refractivity contribution < 1.29 is 4.74 Å². The molecule has 0 unspecified atom stereocenters. The number of rotatable bonds is 4. The Morgan fingerprint density at radius 1 is 1.25 bits per heavy atom. The number of halogens is 1. The van der Waals surface area contributed by atoms with Gasteiger partial charge in [-0.05, 0) is 30.3 Å². The Labute approximate surface area is 124 Å². The fourth-order valence-corrected chi connectivity index (χ4v) is 2.93. The van der Waals surface area contributed by atoms with Gasteiger partial charge in [-0.1, -0.05) is 16.8 Å². The summed E-state index contributed by atoms with van der Waals surface area (Å²) in [5.41, 5.74) is 0. The van der Waals surface area contributed by atoms with Gasteiger partial charge in [0.2, 0.25) is 0 Å². The number of fused-ring (bicyclic) bond motifs is 1. The molecule has 0 aliphatic rings. The molecule has 100 valence electrons. The van der Waals surface area contributed by atoms with Gasteiger partial charge in [-0.15, -0.1) is 11.3 Å². The highest BCUT2D eigenvalue weighted by Crippen LogP contribution is 2.34. The largest absolute Gasteiger partial charge is 0.455 e. The van der Waals surface area contributed by atoms with E-state index in [1.54, 1.807) is 36.7 Å². The second-order valence-corrected chi connectivity index (χ2v) is 5.71. The molecular formula is C14H9ClN2O2S. The van der Waals surface area contributed by atoms with Crippen molar-refractivity contribution in [1.82, 2.24) is 4.98 Å². The van der Waals surface area contributed by atoms with Gasteiger partial charge < -0.3 is 4.74 Å². The minimum atomic E-state index is 0.166. The molecule has 2 heterocycles. The molecule has 0 saturated carbocycles. The Hall–Kier alpha value is -1.98. The first-order valence-electron chi connectivity index (χ1n) is 5.85. The molecule has 6 heteroatoms. The van der Waals surface area contributed by atoms with Gasteiger partial charge in [-0.25, -0.2) is 0 Å². The van der Waals surface area contributed by atoms with Crippen LogP contribution in [0.25, 0.3) is 10.1 Å². The van der Waals surface area contributed by atoms with Crippen LogP contribution in [0.1, 0.15) is 4.88 Å². The summed E-state index contributed by atoms with van der Waals surface area (Å²) in [6.07, 6.45) is 3.41. The third-order valence-corrected chi connectivity index (χ3v) is 4.03. The molecule has 20 heavy (non-hydrogen) atoms. The lowest BCUT2D eigenvalue weighted by Gasteiger charge is -2.06. The standard InChI is InChI=1S/C14H9ClN2O2S/c15-9-1-3-10(4-2-9)19-13-7-16-8-14-12(13)5-11(20-14)6-17-18/h1-5,7-8H,6H2. The average molecular weight is 305 g/mol. The summed E-state index contributed by atoms with van der Waals surface area (Å²) < 4.78 is 6.78. The van der Waals surface area contributed by atoms with E-state index < -0.39 is 0 Å². The number of aromatic nitrogens is 1. The maximum atomic E-state index is 10.4. The number of hydrogen-bond acceptors (Lipinski definition) is 5. The molecule has 0 bridgehead atoms. The Kier molecular flexibility index (Phi) is 3.62. The first-order valence-corrected chi connectivity index (χ1v) is 7.04.